The van der Waals surface area contributed by atoms with E-state index >= 15 is 0 Å². The molecule has 1 atom stereocenters. The Morgan fingerprint density at radius 1 is 0.955 bits per heavy atom. The van der Waals surface area contributed by atoms with E-state index in [1.54, 1.807) is 11.3 Å². The molecule has 3 heterocycles. The van der Waals surface area contributed by atoms with Gasteiger partial charge in [0.15, 0.2) is 0 Å². The Kier molecular flexibility index (Phi) is 12.7. The van der Waals surface area contributed by atoms with Crippen LogP contribution >= 0.6 is 34.7 Å². The van der Waals surface area contributed by atoms with Crippen LogP contribution < -0.4 is 4.90 Å². The number of rotatable bonds is 10. The summed E-state index contributed by atoms with van der Waals surface area (Å²) in [6.07, 6.45) is 4.32. The second-order valence-corrected chi connectivity index (χ2v) is 13.8. The molecule has 5 rings (SSSR count). The summed E-state index contributed by atoms with van der Waals surface area (Å²) in [7, 11) is 0. The van der Waals surface area contributed by atoms with E-state index in [1.807, 2.05) is 23.9 Å². The number of carboxylic acids is 2. The maximum atomic E-state index is 13.1. The van der Waals surface area contributed by atoms with E-state index in [-0.39, 0.29) is 5.91 Å². The summed E-state index contributed by atoms with van der Waals surface area (Å²) in [5.74, 6) is -1.30. The second-order valence-electron chi connectivity index (χ2n) is 10.7. The molecule has 0 saturated carbocycles. The first kappa shape index (κ1) is 33.6. The number of unbranched alkanes of at least 4 members (excludes halogenated alkanes) is 1. The molecule has 8 nitrogen and oxygen atoms in total. The van der Waals surface area contributed by atoms with Crippen LogP contribution in [-0.4, -0.2) is 88.9 Å². The van der Waals surface area contributed by atoms with Crippen molar-refractivity contribution in [2.24, 2.45) is 0 Å². The van der Waals surface area contributed by atoms with Gasteiger partial charge in [-0.05, 0) is 68.6 Å². The van der Waals surface area contributed by atoms with Gasteiger partial charge in [-0.1, -0.05) is 41.9 Å². The molecular formula is C33H38ClN3O5S2. The van der Waals surface area contributed by atoms with E-state index < -0.39 is 11.9 Å². The number of hydrogen-bond donors (Lipinski definition) is 2. The Morgan fingerprint density at radius 2 is 1.64 bits per heavy atom. The van der Waals surface area contributed by atoms with Crippen LogP contribution in [0.15, 0.2) is 77.0 Å². The van der Waals surface area contributed by atoms with Crippen molar-refractivity contribution in [1.29, 1.82) is 0 Å². The maximum Gasteiger partial charge on any atom is 0.328 e. The van der Waals surface area contributed by atoms with E-state index in [2.05, 4.69) is 70.2 Å². The third-order valence-corrected chi connectivity index (χ3v) is 10.1. The van der Waals surface area contributed by atoms with Gasteiger partial charge in [-0.2, -0.15) is 0 Å². The molecule has 2 aliphatic heterocycles. The quantitative estimate of drug-likeness (QED) is 0.197. The number of thiophene rings is 1. The van der Waals surface area contributed by atoms with Crippen LogP contribution in [0.2, 0.25) is 5.02 Å². The molecule has 11 heteroatoms. The number of benzene rings is 2. The number of hydrogen-bond acceptors (Lipinski definition) is 7. The van der Waals surface area contributed by atoms with Gasteiger partial charge in [-0.25, -0.2) is 9.59 Å². The average Bonchev–Trinajstić information content (AvgIpc) is 3.32. The average molecular weight is 656 g/mol. The van der Waals surface area contributed by atoms with Gasteiger partial charge in [-0.3, -0.25) is 9.69 Å². The summed E-state index contributed by atoms with van der Waals surface area (Å²) in [5, 5.41) is 16.4. The first-order valence-corrected chi connectivity index (χ1v) is 16.8. The van der Waals surface area contributed by atoms with Gasteiger partial charge < -0.3 is 20.0 Å². The summed E-state index contributed by atoms with van der Waals surface area (Å²) < 4.78 is 1.20. The highest BCUT2D eigenvalue weighted by molar-refractivity contribution is 8.01. The van der Waals surface area contributed by atoms with E-state index in [0.29, 0.717) is 18.2 Å². The van der Waals surface area contributed by atoms with E-state index in [4.69, 9.17) is 21.8 Å². The number of carboxylic acid groups (broad SMARTS) is 2. The molecule has 2 aliphatic rings. The number of fused-ring (bicyclic) bond motifs is 1. The molecule has 1 unspecified atom stereocenters. The van der Waals surface area contributed by atoms with Crippen molar-refractivity contribution in [3.8, 4) is 0 Å². The largest absolute Gasteiger partial charge is 0.478 e. The normalized spacial score (nSPS) is 17.1. The van der Waals surface area contributed by atoms with Gasteiger partial charge in [0, 0.05) is 72.3 Å². The van der Waals surface area contributed by atoms with Crippen molar-refractivity contribution in [2.45, 2.75) is 36.4 Å². The van der Waals surface area contributed by atoms with Crippen LogP contribution in [-0.2, 0) is 16.0 Å². The van der Waals surface area contributed by atoms with Crippen molar-refractivity contribution >= 4 is 58.2 Å². The number of aryl methyl sites for hydroxylation is 1. The third-order valence-electron chi connectivity index (χ3n) is 7.54. The minimum Gasteiger partial charge on any atom is -0.478 e. The number of thioether (sulfide) groups is 1. The topological polar surface area (TPSA) is 101 Å². The molecule has 0 bridgehead atoms. The fourth-order valence-electron chi connectivity index (χ4n) is 5.40. The standard InChI is InChI=1S/C29H34ClN3OS2.C4H4O4/c1-22-19-27-28(34)32(17-18-35-29(27)36-22)14-6-5-13-31-15-16-33(25-11-9-24(30)10-12-25)21-26(31)20-23-7-3-2-4-8-23;5-3(6)1-2-4(7)8/h2-4,7-12,19,26H,5-6,13-18,20-21H2,1H3;1-2H,(H,5,6)(H,7,8). The number of carbonyl (C=O) groups excluding carboxylic acids is 1. The molecule has 234 valence electrons. The van der Waals surface area contributed by atoms with Crippen LogP contribution in [0.4, 0.5) is 5.69 Å². The van der Waals surface area contributed by atoms with Crippen molar-refractivity contribution < 1.29 is 24.6 Å². The number of halogens is 1. The fraction of sp³-hybridized carbons (Fsp3) is 0.364. The summed E-state index contributed by atoms with van der Waals surface area (Å²) in [4.78, 5) is 40.7. The highest BCUT2D eigenvalue weighted by atomic mass is 35.5. The third kappa shape index (κ3) is 10.1. The summed E-state index contributed by atoms with van der Waals surface area (Å²) in [5.41, 5.74) is 3.55. The molecule has 2 aromatic carbocycles. The Labute approximate surface area is 271 Å². The molecule has 1 aromatic heterocycles. The van der Waals surface area contributed by atoms with Gasteiger partial charge in [0.25, 0.3) is 5.91 Å². The smallest absolute Gasteiger partial charge is 0.328 e. The van der Waals surface area contributed by atoms with Crippen LogP contribution in [0.25, 0.3) is 0 Å². The lowest BCUT2D eigenvalue weighted by Gasteiger charge is -2.43. The predicted molar refractivity (Wildman–Crippen MR) is 179 cm³/mol. The molecule has 1 saturated heterocycles. The first-order chi connectivity index (χ1) is 21.2. The van der Waals surface area contributed by atoms with Crippen molar-refractivity contribution in [1.82, 2.24) is 9.80 Å². The van der Waals surface area contributed by atoms with Crippen molar-refractivity contribution in [2.75, 3.05) is 49.9 Å². The van der Waals surface area contributed by atoms with Crippen LogP contribution in [0.1, 0.15) is 33.6 Å². The molecule has 2 N–H and O–H groups in total. The SMILES string of the molecule is Cc1cc2c(s1)SCCN(CCCCN1CCN(c3ccc(Cl)cc3)CC1Cc1ccccc1)C2=O.O=C(O)C=CC(=O)O. The number of anilines is 1. The lowest BCUT2D eigenvalue weighted by atomic mass is 10.0. The minimum atomic E-state index is -1.26. The minimum absolute atomic E-state index is 0.220. The van der Waals surface area contributed by atoms with Gasteiger partial charge in [0.05, 0.1) is 9.77 Å². The highest BCUT2D eigenvalue weighted by Gasteiger charge is 2.28. The predicted octanol–water partition coefficient (Wildman–Crippen LogP) is 6.18. The molecule has 0 radical (unpaired) electrons. The molecule has 1 amide bonds. The van der Waals surface area contributed by atoms with E-state index in [1.165, 1.54) is 20.3 Å². The number of piperazine rings is 1. The molecule has 1 fully saturated rings. The molecular weight excluding hydrogens is 618 g/mol. The zero-order chi connectivity index (χ0) is 31.5. The van der Waals surface area contributed by atoms with Gasteiger partial charge in [0.2, 0.25) is 0 Å². The molecule has 44 heavy (non-hydrogen) atoms. The van der Waals surface area contributed by atoms with Gasteiger partial charge in [-0.15, -0.1) is 23.1 Å². The summed E-state index contributed by atoms with van der Waals surface area (Å²) >= 11 is 9.72. The van der Waals surface area contributed by atoms with Gasteiger partial charge >= 0.3 is 11.9 Å². The lowest BCUT2D eigenvalue weighted by molar-refractivity contribution is -0.134. The number of aliphatic carboxylic acids is 2. The zero-order valence-corrected chi connectivity index (χ0v) is 27.1. The summed E-state index contributed by atoms with van der Waals surface area (Å²) in [6.45, 7) is 7.95. The van der Waals surface area contributed by atoms with Crippen molar-refractivity contribution in [3.05, 3.63) is 93.8 Å². The van der Waals surface area contributed by atoms with Gasteiger partial charge in [0.1, 0.15) is 0 Å². The fourth-order valence-corrected chi connectivity index (χ4v) is 7.93. The Hall–Kier alpha value is -3.31. The van der Waals surface area contributed by atoms with Crippen LogP contribution in [0, 0.1) is 6.92 Å². The van der Waals surface area contributed by atoms with Crippen LogP contribution in [0.5, 0.6) is 0 Å². The number of carbonyl (C=O) groups is 3. The highest BCUT2D eigenvalue weighted by Crippen LogP contribution is 2.35. The second kappa shape index (κ2) is 16.7. The molecule has 0 spiro atoms. The number of amides is 1. The first-order valence-electron chi connectivity index (χ1n) is 14.6. The van der Waals surface area contributed by atoms with E-state index in [0.717, 1.165) is 74.9 Å². The molecule has 3 aromatic rings. The maximum absolute atomic E-state index is 13.1. The summed E-state index contributed by atoms with van der Waals surface area (Å²) in [6, 6.07) is 21.6. The van der Waals surface area contributed by atoms with E-state index in [9.17, 15) is 14.4 Å². The number of nitrogens with zero attached hydrogens (tertiary/aromatic N) is 3. The Balaban J connectivity index is 0.000000488. The zero-order valence-electron chi connectivity index (χ0n) is 24.7. The molecule has 0 aliphatic carbocycles. The Morgan fingerprint density at radius 3 is 2.32 bits per heavy atom. The lowest BCUT2D eigenvalue weighted by Crippen LogP contribution is -2.54. The van der Waals surface area contributed by atoms with Crippen LogP contribution in [0.3, 0.4) is 0 Å². The monoisotopic (exact) mass is 655 g/mol. The Bertz CT molecular complexity index is 1410. The van der Waals surface area contributed by atoms with Crippen molar-refractivity contribution in [3.63, 3.8) is 0 Å².